The second kappa shape index (κ2) is 6.73. The number of Topliss-reactive ketones (excluding diaryl/α,β-unsaturated/α-hetero) is 1. The van der Waals surface area contributed by atoms with Gasteiger partial charge < -0.3 is 10.4 Å². The molecule has 0 amide bonds. The summed E-state index contributed by atoms with van der Waals surface area (Å²) >= 11 is 12.1. The predicted octanol–water partition coefficient (Wildman–Crippen LogP) is 4.95. The van der Waals surface area contributed by atoms with Crippen LogP contribution in [0, 0.1) is 5.92 Å². The maximum absolute atomic E-state index is 13.0. The Balaban J connectivity index is 1.69. The number of ketones is 1. The van der Waals surface area contributed by atoms with E-state index in [1.54, 1.807) is 24.3 Å². The van der Waals surface area contributed by atoms with Gasteiger partial charge in [-0.1, -0.05) is 41.4 Å². The Bertz CT molecular complexity index is 909. The molecule has 3 nitrogen and oxygen atoms in total. The van der Waals surface area contributed by atoms with Gasteiger partial charge in [0.25, 0.3) is 0 Å². The maximum Gasteiger partial charge on any atom is 0.161 e. The van der Waals surface area contributed by atoms with Crippen LogP contribution in [0.25, 0.3) is 6.08 Å². The lowest BCUT2D eigenvalue weighted by atomic mass is 9.65. The first-order valence-electron chi connectivity index (χ1n) is 8.71. The van der Waals surface area contributed by atoms with Crippen LogP contribution in [0.4, 0.5) is 0 Å². The molecule has 0 aromatic heterocycles. The number of carbonyl (C=O) groups is 1. The molecule has 26 heavy (non-hydrogen) atoms. The summed E-state index contributed by atoms with van der Waals surface area (Å²) in [5.74, 6) is 0.558. The van der Waals surface area contributed by atoms with E-state index >= 15 is 0 Å². The first kappa shape index (κ1) is 17.6. The van der Waals surface area contributed by atoms with Crippen molar-refractivity contribution in [3.63, 3.8) is 0 Å². The molecule has 2 bridgehead atoms. The van der Waals surface area contributed by atoms with Gasteiger partial charge in [-0.2, -0.15) is 0 Å². The van der Waals surface area contributed by atoms with Crippen molar-refractivity contribution < 1.29 is 9.90 Å². The Labute approximate surface area is 162 Å². The number of aromatic hydroxyl groups is 1. The van der Waals surface area contributed by atoms with Gasteiger partial charge in [0.05, 0.1) is 15.6 Å². The molecule has 2 atom stereocenters. The molecule has 1 heterocycles. The first-order valence-corrected chi connectivity index (χ1v) is 9.47. The number of hydrogen-bond acceptors (Lipinski definition) is 3. The van der Waals surface area contributed by atoms with Crippen molar-refractivity contribution in [2.75, 3.05) is 6.54 Å². The Hall–Kier alpha value is -1.81. The molecule has 134 valence electrons. The molecule has 5 heteroatoms. The Morgan fingerprint density at radius 2 is 2.00 bits per heavy atom. The monoisotopic (exact) mass is 387 g/mol. The van der Waals surface area contributed by atoms with Gasteiger partial charge in [0.2, 0.25) is 0 Å². The molecule has 1 aliphatic carbocycles. The molecule has 1 unspecified atom stereocenters. The lowest BCUT2D eigenvalue weighted by molar-refractivity contribution is -0.120. The largest absolute Gasteiger partial charge is 0.508 e. The Morgan fingerprint density at radius 3 is 2.77 bits per heavy atom. The molecular formula is C21H19Cl2NO2. The molecule has 1 saturated carbocycles. The second-order valence-corrected chi connectivity index (χ2v) is 7.94. The summed E-state index contributed by atoms with van der Waals surface area (Å²) in [6.07, 6.45) is 4.10. The fourth-order valence-electron chi connectivity index (χ4n) is 4.19. The smallest absolute Gasteiger partial charge is 0.161 e. The molecule has 2 N–H and O–H groups in total. The minimum absolute atomic E-state index is 0.142. The van der Waals surface area contributed by atoms with Crippen molar-refractivity contribution in [3.8, 4) is 5.75 Å². The molecule has 2 aromatic rings. The standard InChI is InChI=1S/C21H19Cl2NO2/c22-18-5-4-13(9-19(18)23)8-17-14-6-7-24-21(11-14,12-20(17)26)15-2-1-3-16(25)10-15/h1-5,8-10,14,24-25H,6-7,11-12H2/b17-8+/t14-,21?/m0/s1. The van der Waals surface area contributed by atoms with E-state index in [9.17, 15) is 9.90 Å². The Kier molecular flexibility index (Phi) is 4.55. The highest BCUT2D eigenvalue weighted by molar-refractivity contribution is 6.42. The van der Waals surface area contributed by atoms with Gasteiger partial charge in [-0.3, -0.25) is 4.79 Å². The fourth-order valence-corrected chi connectivity index (χ4v) is 4.50. The zero-order valence-corrected chi connectivity index (χ0v) is 15.6. The average Bonchev–Trinajstić information content (AvgIpc) is 2.62. The molecule has 2 aliphatic rings. The highest BCUT2D eigenvalue weighted by Crippen LogP contribution is 2.45. The van der Waals surface area contributed by atoms with E-state index in [1.807, 2.05) is 24.3 Å². The van der Waals surface area contributed by atoms with E-state index in [1.165, 1.54) is 0 Å². The zero-order valence-electron chi connectivity index (χ0n) is 14.1. The SMILES string of the molecule is O=C1CC2(c3cccc(O)c3)C[C@H](CCN2)/C1=C\c1ccc(Cl)c(Cl)c1. The van der Waals surface area contributed by atoms with Crippen molar-refractivity contribution in [2.45, 2.75) is 24.8 Å². The topological polar surface area (TPSA) is 49.3 Å². The average molecular weight is 388 g/mol. The molecule has 2 fully saturated rings. The van der Waals surface area contributed by atoms with Crippen LogP contribution in [0.5, 0.6) is 5.75 Å². The normalized spacial score (nSPS) is 26.9. The number of fused-ring (bicyclic) bond motifs is 2. The van der Waals surface area contributed by atoms with Crippen LogP contribution in [0.15, 0.2) is 48.0 Å². The lowest BCUT2D eigenvalue weighted by Gasteiger charge is -2.46. The number of piperidine rings is 1. The fraction of sp³-hybridized carbons (Fsp3) is 0.286. The van der Waals surface area contributed by atoms with Crippen LogP contribution < -0.4 is 5.32 Å². The number of carbonyl (C=O) groups excluding carboxylic acids is 1. The molecular weight excluding hydrogens is 369 g/mol. The predicted molar refractivity (Wildman–Crippen MR) is 105 cm³/mol. The van der Waals surface area contributed by atoms with Crippen molar-refractivity contribution in [2.24, 2.45) is 5.92 Å². The summed E-state index contributed by atoms with van der Waals surface area (Å²) in [6.45, 7) is 0.840. The number of phenolic OH excluding ortho intramolecular Hbond substituents is 1. The van der Waals surface area contributed by atoms with Crippen molar-refractivity contribution in [1.82, 2.24) is 5.32 Å². The first-order chi connectivity index (χ1) is 12.5. The van der Waals surface area contributed by atoms with Gasteiger partial charge in [-0.05, 0) is 72.3 Å². The molecule has 4 rings (SSSR count). The maximum atomic E-state index is 13.0. The van der Waals surface area contributed by atoms with E-state index < -0.39 is 5.54 Å². The molecule has 1 saturated heterocycles. The van der Waals surface area contributed by atoms with Gasteiger partial charge in [-0.25, -0.2) is 0 Å². The number of hydrogen-bond donors (Lipinski definition) is 2. The Morgan fingerprint density at radius 1 is 1.15 bits per heavy atom. The van der Waals surface area contributed by atoms with Crippen LogP contribution in [0.2, 0.25) is 10.0 Å². The van der Waals surface area contributed by atoms with Crippen molar-refractivity contribution in [3.05, 3.63) is 69.2 Å². The highest BCUT2D eigenvalue weighted by Gasteiger charge is 2.46. The van der Waals surface area contributed by atoms with E-state index in [2.05, 4.69) is 5.32 Å². The second-order valence-electron chi connectivity index (χ2n) is 7.12. The van der Waals surface area contributed by atoms with Gasteiger partial charge in [0.1, 0.15) is 5.75 Å². The van der Waals surface area contributed by atoms with Gasteiger partial charge in [0, 0.05) is 6.42 Å². The number of allylic oxidation sites excluding steroid dienone is 1. The van der Waals surface area contributed by atoms with Crippen LogP contribution >= 0.6 is 23.2 Å². The summed E-state index contributed by atoms with van der Waals surface area (Å²) in [6, 6.07) is 12.7. The summed E-state index contributed by atoms with van der Waals surface area (Å²) in [5, 5.41) is 14.4. The van der Waals surface area contributed by atoms with Gasteiger partial charge >= 0.3 is 0 Å². The number of benzene rings is 2. The lowest BCUT2D eigenvalue weighted by Crippen LogP contribution is -2.53. The summed E-state index contributed by atoms with van der Waals surface area (Å²) in [7, 11) is 0. The van der Waals surface area contributed by atoms with Crippen LogP contribution in [0.3, 0.4) is 0 Å². The van der Waals surface area contributed by atoms with E-state index in [0.29, 0.717) is 16.5 Å². The third-order valence-electron chi connectivity index (χ3n) is 5.44. The van der Waals surface area contributed by atoms with Crippen LogP contribution in [-0.2, 0) is 10.3 Å². The number of rotatable bonds is 2. The number of halogens is 2. The van der Waals surface area contributed by atoms with Gasteiger partial charge in [-0.15, -0.1) is 0 Å². The summed E-state index contributed by atoms with van der Waals surface area (Å²) in [4.78, 5) is 13.0. The molecule has 1 aliphatic heterocycles. The van der Waals surface area contributed by atoms with Gasteiger partial charge in [0.15, 0.2) is 5.78 Å². The highest BCUT2D eigenvalue weighted by atomic mass is 35.5. The minimum atomic E-state index is -0.395. The molecule has 0 radical (unpaired) electrons. The molecule has 2 aromatic carbocycles. The quantitative estimate of drug-likeness (QED) is 0.716. The van der Waals surface area contributed by atoms with Crippen LogP contribution in [0.1, 0.15) is 30.4 Å². The van der Waals surface area contributed by atoms with Crippen molar-refractivity contribution in [1.29, 1.82) is 0 Å². The number of phenols is 1. The van der Waals surface area contributed by atoms with Crippen LogP contribution in [-0.4, -0.2) is 17.4 Å². The zero-order chi connectivity index (χ0) is 18.3. The summed E-state index contributed by atoms with van der Waals surface area (Å²) < 4.78 is 0. The summed E-state index contributed by atoms with van der Waals surface area (Å²) in [5.41, 5.74) is 2.34. The number of nitrogens with one attached hydrogen (secondary N) is 1. The van der Waals surface area contributed by atoms with E-state index in [4.69, 9.17) is 23.2 Å². The third kappa shape index (κ3) is 3.16. The van der Waals surface area contributed by atoms with E-state index in [-0.39, 0.29) is 17.5 Å². The molecule has 0 spiro atoms. The van der Waals surface area contributed by atoms with E-state index in [0.717, 1.165) is 36.1 Å². The van der Waals surface area contributed by atoms with Crippen molar-refractivity contribution >= 4 is 35.1 Å². The minimum Gasteiger partial charge on any atom is -0.508 e. The third-order valence-corrected chi connectivity index (χ3v) is 6.18.